The lowest BCUT2D eigenvalue weighted by molar-refractivity contribution is 0.219. The Morgan fingerprint density at radius 1 is 1.17 bits per heavy atom. The Morgan fingerprint density at radius 3 is 2.61 bits per heavy atom. The minimum absolute atomic E-state index is 0.121. The number of ether oxygens (including phenoxy) is 2. The van der Waals surface area contributed by atoms with Gasteiger partial charge in [-0.05, 0) is 43.7 Å². The standard InChI is InChI=1S/C18H23N3O2/c1-13-7-6-8-15(11-13)21-18(19)20-12-14(2)23-17-10-5-4-9-16(17)22-3/h4-11,14H,12H2,1-3H3,(H3,19,20,21). The van der Waals surface area contributed by atoms with Crippen LogP contribution in [0.25, 0.3) is 0 Å². The largest absolute Gasteiger partial charge is 0.493 e. The molecule has 5 heteroatoms. The van der Waals surface area contributed by atoms with Crippen LogP contribution >= 0.6 is 0 Å². The summed E-state index contributed by atoms with van der Waals surface area (Å²) < 4.78 is 11.1. The van der Waals surface area contributed by atoms with E-state index in [9.17, 15) is 0 Å². The number of para-hydroxylation sites is 2. The van der Waals surface area contributed by atoms with Gasteiger partial charge in [0, 0.05) is 5.69 Å². The van der Waals surface area contributed by atoms with Crippen molar-refractivity contribution in [3.63, 3.8) is 0 Å². The number of hydrogen-bond donors (Lipinski definition) is 2. The lowest BCUT2D eigenvalue weighted by Gasteiger charge is -2.15. The molecule has 0 aliphatic heterocycles. The summed E-state index contributed by atoms with van der Waals surface area (Å²) >= 11 is 0. The first kappa shape index (κ1) is 16.7. The molecule has 0 bridgehead atoms. The van der Waals surface area contributed by atoms with E-state index in [0.29, 0.717) is 24.0 Å². The molecule has 0 heterocycles. The Kier molecular flexibility index (Phi) is 5.86. The minimum atomic E-state index is -0.121. The Balaban J connectivity index is 1.91. The molecule has 0 saturated heterocycles. The van der Waals surface area contributed by atoms with Crippen LogP contribution in [0.1, 0.15) is 12.5 Å². The zero-order chi connectivity index (χ0) is 16.7. The lowest BCUT2D eigenvalue weighted by atomic mass is 10.2. The molecule has 0 aromatic heterocycles. The van der Waals surface area contributed by atoms with E-state index in [1.165, 1.54) is 0 Å². The van der Waals surface area contributed by atoms with Gasteiger partial charge >= 0.3 is 0 Å². The Hall–Kier alpha value is -2.69. The predicted octanol–water partition coefficient (Wildman–Crippen LogP) is 3.20. The third-order valence-corrected chi connectivity index (χ3v) is 3.21. The molecule has 1 unspecified atom stereocenters. The smallest absolute Gasteiger partial charge is 0.193 e. The normalized spacial score (nSPS) is 12.6. The van der Waals surface area contributed by atoms with Gasteiger partial charge in [0.2, 0.25) is 0 Å². The highest BCUT2D eigenvalue weighted by Gasteiger charge is 2.08. The molecule has 2 aromatic rings. The van der Waals surface area contributed by atoms with Crippen LogP contribution in [0.2, 0.25) is 0 Å². The third kappa shape index (κ3) is 5.21. The average Bonchev–Trinajstić information content (AvgIpc) is 2.53. The second-order valence-electron chi connectivity index (χ2n) is 5.30. The summed E-state index contributed by atoms with van der Waals surface area (Å²) in [5, 5.41) is 3.07. The van der Waals surface area contributed by atoms with E-state index < -0.39 is 0 Å². The Morgan fingerprint density at radius 2 is 1.91 bits per heavy atom. The van der Waals surface area contributed by atoms with Crippen LogP contribution in [0, 0.1) is 6.92 Å². The van der Waals surface area contributed by atoms with Crippen molar-refractivity contribution in [2.75, 3.05) is 19.0 Å². The number of guanidine groups is 1. The maximum absolute atomic E-state index is 5.91. The fourth-order valence-electron chi connectivity index (χ4n) is 2.11. The molecule has 2 rings (SSSR count). The van der Waals surface area contributed by atoms with Crippen LogP contribution in [0.4, 0.5) is 5.69 Å². The first-order valence-electron chi connectivity index (χ1n) is 7.52. The molecule has 0 spiro atoms. The van der Waals surface area contributed by atoms with Crippen LogP contribution in [0.3, 0.4) is 0 Å². The van der Waals surface area contributed by atoms with Crippen molar-refractivity contribution in [2.24, 2.45) is 10.7 Å². The van der Waals surface area contributed by atoms with Gasteiger partial charge in [-0.3, -0.25) is 0 Å². The molecule has 0 saturated carbocycles. The van der Waals surface area contributed by atoms with Gasteiger partial charge in [-0.15, -0.1) is 0 Å². The van der Waals surface area contributed by atoms with Crippen molar-refractivity contribution < 1.29 is 9.47 Å². The number of nitrogens with one attached hydrogen (secondary N) is 1. The average molecular weight is 313 g/mol. The number of nitrogens with zero attached hydrogens (tertiary/aromatic N) is 1. The molecular weight excluding hydrogens is 290 g/mol. The fraction of sp³-hybridized carbons (Fsp3) is 0.278. The van der Waals surface area contributed by atoms with Crippen LogP contribution in [-0.4, -0.2) is 25.7 Å². The third-order valence-electron chi connectivity index (χ3n) is 3.21. The number of hydrogen-bond acceptors (Lipinski definition) is 3. The molecule has 0 radical (unpaired) electrons. The van der Waals surface area contributed by atoms with Gasteiger partial charge in [0.15, 0.2) is 17.5 Å². The van der Waals surface area contributed by atoms with E-state index in [-0.39, 0.29) is 6.10 Å². The SMILES string of the molecule is COc1ccccc1OC(C)CN=C(N)Nc1cccc(C)c1. The molecule has 23 heavy (non-hydrogen) atoms. The van der Waals surface area contributed by atoms with Gasteiger partial charge in [0.05, 0.1) is 13.7 Å². The molecule has 0 aliphatic carbocycles. The first-order valence-corrected chi connectivity index (χ1v) is 7.52. The monoisotopic (exact) mass is 313 g/mol. The van der Waals surface area contributed by atoms with Crippen LogP contribution < -0.4 is 20.5 Å². The van der Waals surface area contributed by atoms with E-state index in [4.69, 9.17) is 15.2 Å². The van der Waals surface area contributed by atoms with Crippen LogP contribution in [0.5, 0.6) is 11.5 Å². The summed E-state index contributed by atoms with van der Waals surface area (Å²) in [7, 11) is 1.62. The van der Waals surface area contributed by atoms with Crippen molar-refractivity contribution in [1.29, 1.82) is 0 Å². The number of nitrogens with two attached hydrogens (primary N) is 1. The maximum atomic E-state index is 5.91. The van der Waals surface area contributed by atoms with Crippen molar-refractivity contribution in [3.8, 4) is 11.5 Å². The quantitative estimate of drug-likeness (QED) is 0.635. The van der Waals surface area contributed by atoms with Crippen molar-refractivity contribution in [3.05, 3.63) is 54.1 Å². The van der Waals surface area contributed by atoms with Gasteiger partial charge in [-0.1, -0.05) is 24.3 Å². The van der Waals surface area contributed by atoms with E-state index in [2.05, 4.69) is 10.3 Å². The number of rotatable bonds is 6. The molecule has 122 valence electrons. The zero-order valence-electron chi connectivity index (χ0n) is 13.7. The summed E-state index contributed by atoms with van der Waals surface area (Å²) in [6.45, 7) is 4.42. The molecule has 5 nitrogen and oxygen atoms in total. The Labute approximate surface area is 137 Å². The zero-order valence-corrected chi connectivity index (χ0v) is 13.7. The summed E-state index contributed by atoms with van der Waals surface area (Å²) in [5.41, 5.74) is 8.00. The van der Waals surface area contributed by atoms with Crippen LogP contribution in [0.15, 0.2) is 53.5 Å². The molecule has 0 aliphatic rings. The highest BCUT2D eigenvalue weighted by atomic mass is 16.5. The number of aliphatic imine (C=N–C) groups is 1. The number of anilines is 1. The highest BCUT2D eigenvalue weighted by molar-refractivity contribution is 5.92. The highest BCUT2D eigenvalue weighted by Crippen LogP contribution is 2.26. The van der Waals surface area contributed by atoms with Gasteiger partial charge in [-0.25, -0.2) is 4.99 Å². The van der Waals surface area contributed by atoms with E-state index in [1.54, 1.807) is 7.11 Å². The predicted molar refractivity (Wildman–Crippen MR) is 94.4 cm³/mol. The lowest BCUT2D eigenvalue weighted by Crippen LogP contribution is -2.25. The number of aryl methyl sites for hydroxylation is 1. The van der Waals surface area contributed by atoms with E-state index in [0.717, 1.165) is 11.3 Å². The number of methoxy groups -OCH3 is 1. The molecule has 1 atom stereocenters. The van der Waals surface area contributed by atoms with Crippen molar-refractivity contribution in [1.82, 2.24) is 0 Å². The molecular formula is C18H23N3O2. The maximum Gasteiger partial charge on any atom is 0.193 e. The molecule has 2 aromatic carbocycles. The van der Waals surface area contributed by atoms with Crippen molar-refractivity contribution in [2.45, 2.75) is 20.0 Å². The van der Waals surface area contributed by atoms with Gasteiger partial charge in [0.1, 0.15) is 6.10 Å². The van der Waals surface area contributed by atoms with Gasteiger partial charge in [-0.2, -0.15) is 0 Å². The van der Waals surface area contributed by atoms with Gasteiger partial charge < -0.3 is 20.5 Å². The second-order valence-corrected chi connectivity index (χ2v) is 5.30. The molecule has 3 N–H and O–H groups in total. The number of benzene rings is 2. The van der Waals surface area contributed by atoms with Gasteiger partial charge in [0.25, 0.3) is 0 Å². The van der Waals surface area contributed by atoms with Crippen LogP contribution in [-0.2, 0) is 0 Å². The van der Waals surface area contributed by atoms with Crippen molar-refractivity contribution >= 4 is 11.6 Å². The second kappa shape index (κ2) is 8.08. The molecule has 0 amide bonds. The topological polar surface area (TPSA) is 68.9 Å². The van der Waals surface area contributed by atoms with E-state index >= 15 is 0 Å². The fourth-order valence-corrected chi connectivity index (χ4v) is 2.11. The van der Waals surface area contributed by atoms with E-state index in [1.807, 2.05) is 62.4 Å². The Bertz CT molecular complexity index is 671. The molecule has 0 fully saturated rings. The summed E-state index contributed by atoms with van der Waals surface area (Å²) in [6.07, 6.45) is -0.121. The summed E-state index contributed by atoms with van der Waals surface area (Å²) in [4.78, 5) is 4.32. The minimum Gasteiger partial charge on any atom is -0.493 e. The first-order chi connectivity index (χ1) is 11.1. The summed E-state index contributed by atoms with van der Waals surface area (Å²) in [5.74, 6) is 1.77. The summed E-state index contributed by atoms with van der Waals surface area (Å²) in [6, 6.07) is 15.5.